The molecule has 6 heteroatoms. The summed E-state index contributed by atoms with van der Waals surface area (Å²) in [6.45, 7) is 0. The summed E-state index contributed by atoms with van der Waals surface area (Å²) in [5.74, 6) is 0.740. The molecular formula is C23H23NO5. The van der Waals surface area contributed by atoms with Gasteiger partial charge in [0.1, 0.15) is 5.75 Å². The first kappa shape index (κ1) is 19.1. The summed E-state index contributed by atoms with van der Waals surface area (Å²) in [6, 6.07) is 12.7. The molecule has 2 aliphatic rings. The van der Waals surface area contributed by atoms with E-state index in [9.17, 15) is 14.7 Å². The third-order valence-corrected chi connectivity index (χ3v) is 5.73. The zero-order valence-corrected chi connectivity index (χ0v) is 16.4. The van der Waals surface area contributed by atoms with Crippen molar-refractivity contribution in [2.24, 2.45) is 0 Å². The number of amides is 1. The van der Waals surface area contributed by atoms with Crippen molar-refractivity contribution in [3.63, 3.8) is 0 Å². The minimum Gasteiger partial charge on any atom is -0.504 e. The van der Waals surface area contributed by atoms with E-state index >= 15 is 0 Å². The van der Waals surface area contributed by atoms with Crippen molar-refractivity contribution >= 4 is 11.7 Å². The van der Waals surface area contributed by atoms with Crippen LogP contribution in [0.5, 0.6) is 17.2 Å². The molecule has 0 saturated carbocycles. The lowest BCUT2D eigenvalue weighted by Crippen LogP contribution is -2.38. The number of aromatic hydroxyl groups is 1. The molecule has 150 valence electrons. The fourth-order valence-electron chi connectivity index (χ4n) is 4.27. The zero-order chi connectivity index (χ0) is 20.5. The molecule has 6 nitrogen and oxygen atoms in total. The quantitative estimate of drug-likeness (QED) is 0.832. The summed E-state index contributed by atoms with van der Waals surface area (Å²) in [5, 5.41) is 12.8. The van der Waals surface area contributed by atoms with Gasteiger partial charge in [-0.15, -0.1) is 0 Å². The number of carbonyl (C=O) groups excluding carboxylic acids is 2. The summed E-state index contributed by atoms with van der Waals surface area (Å²) < 4.78 is 10.4. The predicted octanol–water partition coefficient (Wildman–Crippen LogP) is 3.41. The van der Waals surface area contributed by atoms with Gasteiger partial charge >= 0.3 is 0 Å². The number of nitrogens with one attached hydrogen (secondary N) is 1. The Balaban J connectivity index is 1.69. The normalized spacial score (nSPS) is 21.4. The van der Waals surface area contributed by atoms with Crippen molar-refractivity contribution in [3.05, 3.63) is 64.9 Å². The Bertz CT molecular complexity index is 993. The first-order valence-corrected chi connectivity index (χ1v) is 9.57. The van der Waals surface area contributed by atoms with Crippen LogP contribution in [0.2, 0.25) is 0 Å². The van der Waals surface area contributed by atoms with Crippen LogP contribution in [0.15, 0.2) is 53.7 Å². The molecule has 1 aliphatic heterocycles. The van der Waals surface area contributed by atoms with Gasteiger partial charge in [-0.1, -0.05) is 18.2 Å². The molecule has 2 N–H and O–H groups in total. The van der Waals surface area contributed by atoms with Crippen LogP contribution in [0.25, 0.3) is 0 Å². The second kappa shape index (κ2) is 7.62. The largest absolute Gasteiger partial charge is 0.504 e. The lowest BCUT2D eigenvalue weighted by molar-refractivity contribution is -0.122. The molecule has 0 spiro atoms. The van der Waals surface area contributed by atoms with Gasteiger partial charge < -0.3 is 19.9 Å². The SMILES string of the molecule is COc1ccc([C@H]2CC(=O)C3=C(C2)NC(=O)C[C@H]3c2ccc(O)c(OC)c2)cc1. The number of Topliss-reactive ketones (excluding diaryl/α,β-unsaturated/α-hetero) is 1. The van der Waals surface area contributed by atoms with Crippen LogP contribution in [-0.2, 0) is 9.59 Å². The Kier molecular flexibility index (Phi) is 5.01. The second-order valence-corrected chi connectivity index (χ2v) is 7.43. The van der Waals surface area contributed by atoms with Gasteiger partial charge in [0.2, 0.25) is 5.91 Å². The number of ketones is 1. The van der Waals surface area contributed by atoms with E-state index in [-0.39, 0.29) is 35.7 Å². The topological polar surface area (TPSA) is 84.9 Å². The van der Waals surface area contributed by atoms with E-state index in [2.05, 4.69) is 5.32 Å². The molecule has 0 fully saturated rings. The number of methoxy groups -OCH3 is 2. The number of allylic oxidation sites excluding steroid dienone is 2. The summed E-state index contributed by atoms with van der Waals surface area (Å²) in [5.41, 5.74) is 3.21. The fourth-order valence-corrected chi connectivity index (χ4v) is 4.27. The summed E-state index contributed by atoms with van der Waals surface area (Å²) in [7, 11) is 3.09. The molecule has 1 heterocycles. The summed E-state index contributed by atoms with van der Waals surface area (Å²) >= 11 is 0. The minimum atomic E-state index is -0.336. The first-order chi connectivity index (χ1) is 14.0. The maximum Gasteiger partial charge on any atom is 0.225 e. The van der Waals surface area contributed by atoms with Gasteiger partial charge in [0, 0.05) is 30.0 Å². The Morgan fingerprint density at radius 1 is 0.931 bits per heavy atom. The van der Waals surface area contributed by atoms with E-state index in [4.69, 9.17) is 9.47 Å². The number of phenolic OH excluding ortho intramolecular Hbond substituents is 1. The average molecular weight is 393 g/mol. The van der Waals surface area contributed by atoms with Gasteiger partial charge in [-0.25, -0.2) is 0 Å². The van der Waals surface area contributed by atoms with E-state index in [0.29, 0.717) is 29.9 Å². The van der Waals surface area contributed by atoms with Gasteiger partial charge in [0.15, 0.2) is 17.3 Å². The highest BCUT2D eigenvalue weighted by Crippen LogP contribution is 2.44. The van der Waals surface area contributed by atoms with Crippen LogP contribution < -0.4 is 14.8 Å². The third kappa shape index (κ3) is 3.58. The number of ether oxygens (including phenoxy) is 2. The van der Waals surface area contributed by atoms with Crippen LogP contribution in [0.4, 0.5) is 0 Å². The molecule has 2 aromatic rings. The molecule has 0 unspecified atom stereocenters. The van der Waals surface area contributed by atoms with Crippen molar-refractivity contribution in [2.45, 2.75) is 31.1 Å². The highest BCUT2D eigenvalue weighted by molar-refractivity contribution is 6.02. The molecule has 1 amide bonds. The fraction of sp³-hybridized carbons (Fsp3) is 0.304. The smallest absolute Gasteiger partial charge is 0.225 e. The Labute approximate surface area is 169 Å². The molecule has 1 aliphatic carbocycles. The minimum absolute atomic E-state index is 0.0144. The maximum absolute atomic E-state index is 13.1. The maximum atomic E-state index is 13.1. The average Bonchev–Trinajstić information content (AvgIpc) is 2.73. The van der Waals surface area contributed by atoms with E-state index in [1.807, 2.05) is 24.3 Å². The number of benzene rings is 2. The lowest BCUT2D eigenvalue weighted by Gasteiger charge is -2.34. The van der Waals surface area contributed by atoms with Crippen LogP contribution >= 0.6 is 0 Å². The van der Waals surface area contributed by atoms with E-state index in [1.165, 1.54) is 13.2 Å². The van der Waals surface area contributed by atoms with Gasteiger partial charge in [-0.05, 0) is 47.7 Å². The predicted molar refractivity (Wildman–Crippen MR) is 107 cm³/mol. The van der Waals surface area contributed by atoms with Gasteiger partial charge in [0.05, 0.1) is 14.2 Å². The Hall–Kier alpha value is -3.28. The third-order valence-electron chi connectivity index (χ3n) is 5.73. The van der Waals surface area contributed by atoms with Gasteiger partial charge in [0.25, 0.3) is 0 Å². The molecule has 0 radical (unpaired) electrons. The van der Waals surface area contributed by atoms with Gasteiger partial charge in [-0.3, -0.25) is 9.59 Å². The van der Waals surface area contributed by atoms with Crippen molar-refractivity contribution in [1.82, 2.24) is 5.32 Å². The summed E-state index contributed by atoms with van der Waals surface area (Å²) in [4.78, 5) is 25.5. The first-order valence-electron chi connectivity index (χ1n) is 9.57. The van der Waals surface area contributed by atoms with Crippen LogP contribution in [0.1, 0.15) is 42.2 Å². The zero-order valence-electron chi connectivity index (χ0n) is 16.4. The van der Waals surface area contributed by atoms with Crippen molar-refractivity contribution < 1.29 is 24.2 Å². The van der Waals surface area contributed by atoms with Crippen LogP contribution in [-0.4, -0.2) is 31.0 Å². The molecule has 2 aromatic carbocycles. The van der Waals surface area contributed by atoms with Crippen LogP contribution in [0.3, 0.4) is 0 Å². The Morgan fingerprint density at radius 2 is 1.66 bits per heavy atom. The molecule has 0 saturated heterocycles. The highest BCUT2D eigenvalue weighted by atomic mass is 16.5. The van der Waals surface area contributed by atoms with Crippen LogP contribution in [0, 0.1) is 0 Å². The highest BCUT2D eigenvalue weighted by Gasteiger charge is 2.38. The van der Waals surface area contributed by atoms with E-state index in [0.717, 1.165) is 16.9 Å². The number of hydrogen-bond acceptors (Lipinski definition) is 5. The van der Waals surface area contributed by atoms with Crippen molar-refractivity contribution in [3.8, 4) is 17.2 Å². The van der Waals surface area contributed by atoms with Crippen molar-refractivity contribution in [1.29, 1.82) is 0 Å². The van der Waals surface area contributed by atoms with Crippen molar-refractivity contribution in [2.75, 3.05) is 14.2 Å². The number of rotatable bonds is 4. The second-order valence-electron chi connectivity index (χ2n) is 7.43. The molecule has 0 aromatic heterocycles. The molecule has 0 bridgehead atoms. The van der Waals surface area contributed by atoms with E-state index in [1.54, 1.807) is 19.2 Å². The molecule has 4 rings (SSSR count). The Morgan fingerprint density at radius 3 is 2.34 bits per heavy atom. The summed E-state index contributed by atoms with van der Waals surface area (Å²) in [6.07, 6.45) is 1.20. The van der Waals surface area contributed by atoms with E-state index < -0.39 is 0 Å². The van der Waals surface area contributed by atoms with Gasteiger partial charge in [-0.2, -0.15) is 0 Å². The molecular weight excluding hydrogens is 370 g/mol. The molecule has 29 heavy (non-hydrogen) atoms. The number of hydrogen-bond donors (Lipinski definition) is 2. The standard InChI is InChI=1S/C23H23NO5/c1-28-16-6-3-13(4-7-16)15-9-18-23(20(26)10-15)17(12-22(27)24-18)14-5-8-19(25)21(11-14)29-2/h3-8,11,15,17,25H,9-10,12H2,1-2H3,(H,24,27)/t15-,17+/m1/s1. The lowest BCUT2D eigenvalue weighted by atomic mass is 9.73. The number of carbonyl (C=O) groups is 2. The number of phenols is 1. The molecule has 2 atom stereocenters. The monoisotopic (exact) mass is 393 g/mol.